The van der Waals surface area contributed by atoms with Gasteiger partial charge < -0.3 is 14.3 Å². The summed E-state index contributed by atoms with van der Waals surface area (Å²) in [4.78, 5) is 14.4. The van der Waals surface area contributed by atoms with E-state index in [9.17, 15) is 9.18 Å². The number of halogens is 1. The van der Waals surface area contributed by atoms with Gasteiger partial charge in [0.15, 0.2) is 10.5 Å². The Morgan fingerprint density at radius 2 is 2.22 bits per heavy atom. The zero-order chi connectivity index (χ0) is 13.3. The van der Waals surface area contributed by atoms with Crippen LogP contribution in [0, 0.1) is 10.6 Å². The van der Waals surface area contributed by atoms with Gasteiger partial charge in [-0.05, 0) is 24.4 Å². The SMILES string of the molecule is COC(=O)c1[nH]c(=S)n(C)c1-c1cccc(F)c1. The maximum Gasteiger partial charge on any atom is 0.356 e. The molecule has 0 radical (unpaired) electrons. The zero-order valence-corrected chi connectivity index (χ0v) is 10.7. The highest BCUT2D eigenvalue weighted by molar-refractivity contribution is 7.71. The summed E-state index contributed by atoms with van der Waals surface area (Å²) in [5.74, 6) is -0.920. The maximum absolute atomic E-state index is 13.2. The van der Waals surface area contributed by atoms with Crippen LogP contribution in [0.25, 0.3) is 11.3 Å². The van der Waals surface area contributed by atoms with Crippen LogP contribution in [0.4, 0.5) is 4.39 Å². The fourth-order valence-corrected chi connectivity index (χ4v) is 1.94. The number of hydrogen-bond donors (Lipinski definition) is 1. The fraction of sp³-hybridized carbons (Fsp3) is 0.167. The molecule has 0 unspecified atom stereocenters. The van der Waals surface area contributed by atoms with Crippen molar-refractivity contribution in [3.8, 4) is 11.3 Å². The Hall–Kier alpha value is -1.95. The monoisotopic (exact) mass is 266 g/mol. The van der Waals surface area contributed by atoms with E-state index < -0.39 is 5.97 Å². The van der Waals surface area contributed by atoms with Gasteiger partial charge in [0.2, 0.25) is 0 Å². The lowest BCUT2D eigenvalue weighted by Crippen LogP contribution is -2.05. The van der Waals surface area contributed by atoms with Crippen LogP contribution in [0.1, 0.15) is 10.5 Å². The van der Waals surface area contributed by atoms with E-state index in [1.165, 1.54) is 19.2 Å². The summed E-state index contributed by atoms with van der Waals surface area (Å²) in [6, 6.07) is 5.95. The lowest BCUT2D eigenvalue weighted by molar-refractivity contribution is 0.0595. The van der Waals surface area contributed by atoms with Gasteiger partial charge in [-0.3, -0.25) is 0 Å². The van der Waals surface area contributed by atoms with Crippen molar-refractivity contribution in [1.29, 1.82) is 0 Å². The van der Waals surface area contributed by atoms with E-state index in [2.05, 4.69) is 9.72 Å². The molecule has 0 fully saturated rings. The molecule has 18 heavy (non-hydrogen) atoms. The molecule has 0 spiro atoms. The van der Waals surface area contributed by atoms with E-state index in [1.807, 2.05) is 0 Å². The summed E-state index contributed by atoms with van der Waals surface area (Å²) in [6.45, 7) is 0. The van der Waals surface area contributed by atoms with Gasteiger partial charge in [0, 0.05) is 12.6 Å². The molecule has 0 saturated heterocycles. The summed E-state index contributed by atoms with van der Waals surface area (Å²) >= 11 is 5.07. The number of hydrogen-bond acceptors (Lipinski definition) is 3. The molecule has 1 heterocycles. The molecule has 0 atom stereocenters. The first kappa shape index (κ1) is 12.5. The summed E-state index contributed by atoms with van der Waals surface area (Å²) in [7, 11) is 2.98. The van der Waals surface area contributed by atoms with Gasteiger partial charge in [-0.25, -0.2) is 9.18 Å². The van der Waals surface area contributed by atoms with Gasteiger partial charge >= 0.3 is 5.97 Å². The number of aromatic nitrogens is 2. The lowest BCUT2D eigenvalue weighted by Gasteiger charge is -2.05. The molecular weight excluding hydrogens is 255 g/mol. The third-order valence-electron chi connectivity index (χ3n) is 2.60. The van der Waals surface area contributed by atoms with Crippen molar-refractivity contribution in [3.63, 3.8) is 0 Å². The number of aromatic amines is 1. The minimum absolute atomic E-state index is 0.218. The van der Waals surface area contributed by atoms with Gasteiger partial charge in [0.05, 0.1) is 12.8 Å². The van der Waals surface area contributed by atoms with Crippen LogP contribution in [0.2, 0.25) is 0 Å². The summed E-state index contributed by atoms with van der Waals surface area (Å²) in [5, 5.41) is 0. The van der Waals surface area contributed by atoms with E-state index in [0.29, 0.717) is 16.0 Å². The van der Waals surface area contributed by atoms with Gasteiger partial charge in [-0.15, -0.1) is 0 Å². The Morgan fingerprint density at radius 1 is 1.50 bits per heavy atom. The van der Waals surface area contributed by atoms with Crippen molar-refractivity contribution < 1.29 is 13.9 Å². The number of rotatable bonds is 2. The maximum atomic E-state index is 13.2. The number of imidazole rings is 1. The number of benzene rings is 1. The van der Waals surface area contributed by atoms with E-state index in [-0.39, 0.29) is 11.5 Å². The van der Waals surface area contributed by atoms with E-state index in [0.717, 1.165) is 0 Å². The quantitative estimate of drug-likeness (QED) is 0.671. The molecule has 0 aliphatic rings. The van der Waals surface area contributed by atoms with Crippen LogP contribution in [-0.4, -0.2) is 22.6 Å². The number of H-pyrrole nitrogens is 1. The molecule has 2 aromatic rings. The number of methoxy groups -OCH3 is 1. The van der Waals surface area contributed by atoms with Crippen molar-refractivity contribution in [2.75, 3.05) is 7.11 Å². The molecule has 94 valence electrons. The molecule has 4 nitrogen and oxygen atoms in total. The number of ether oxygens (including phenoxy) is 1. The largest absolute Gasteiger partial charge is 0.464 e. The Balaban J connectivity index is 2.70. The Kier molecular flexibility index (Phi) is 3.29. The van der Waals surface area contributed by atoms with Crippen LogP contribution in [-0.2, 0) is 11.8 Å². The Bertz CT molecular complexity index is 660. The van der Waals surface area contributed by atoms with E-state index in [4.69, 9.17) is 12.2 Å². The second-order valence-corrected chi connectivity index (χ2v) is 4.10. The summed E-state index contributed by atoms with van der Waals surface area (Å²) < 4.78 is 19.9. The van der Waals surface area contributed by atoms with Crippen molar-refractivity contribution in [3.05, 3.63) is 40.5 Å². The Morgan fingerprint density at radius 3 is 2.83 bits per heavy atom. The molecule has 0 amide bonds. The molecule has 1 N–H and O–H groups in total. The van der Waals surface area contributed by atoms with Gasteiger partial charge in [0.1, 0.15) is 5.82 Å². The highest BCUT2D eigenvalue weighted by Crippen LogP contribution is 2.24. The number of nitrogens with one attached hydrogen (secondary N) is 1. The normalized spacial score (nSPS) is 10.4. The molecule has 0 aliphatic carbocycles. The van der Waals surface area contributed by atoms with E-state index >= 15 is 0 Å². The average Bonchev–Trinajstić information content (AvgIpc) is 2.65. The molecule has 1 aromatic heterocycles. The fourth-order valence-electron chi connectivity index (χ4n) is 1.74. The first-order chi connectivity index (χ1) is 8.54. The smallest absolute Gasteiger partial charge is 0.356 e. The third-order valence-corrected chi connectivity index (χ3v) is 2.97. The first-order valence-electron chi connectivity index (χ1n) is 5.18. The number of esters is 1. The number of carbonyl (C=O) groups excluding carboxylic acids is 1. The summed E-state index contributed by atoms with van der Waals surface area (Å²) in [5.41, 5.74) is 1.28. The van der Waals surface area contributed by atoms with Crippen molar-refractivity contribution in [2.24, 2.45) is 7.05 Å². The molecule has 2 rings (SSSR count). The van der Waals surface area contributed by atoms with Crippen LogP contribution in [0.5, 0.6) is 0 Å². The van der Waals surface area contributed by atoms with Crippen LogP contribution >= 0.6 is 12.2 Å². The van der Waals surface area contributed by atoms with Crippen molar-refractivity contribution in [1.82, 2.24) is 9.55 Å². The van der Waals surface area contributed by atoms with Gasteiger partial charge in [-0.2, -0.15) is 0 Å². The summed E-state index contributed by atoms with van der Waals surface area (Å²) in [6.07, 6.45) is 0. The van der Waals surface area contributed by atoms with Crippen LogP contribution < -0.4 is 0 Å². The van der Waals surface area contributed by atoms with Crippen LogP contribution in [0.3, 0.4) is 0 Å². The standard InChI is InChI=1S/C12H11FN2O2S/c1-15-10(7-4-3-5-8(13)6-7)9(11(16)17-2)14-12(15)18/h3-6H,1-2H3,(H,14,18). The second-order valence-electron chi connectivity index (χ2n) is 3.71. The Labute approximate surface area is 108 Å². The number of nitrogens with zero attached hydrogens (tertiary/aromatic N) is 1. The lowest BCUT2D eigenvalue weighted by atomic mass is 10.1. The topological polar surface area (TPSA) is 47.0 Å². The molecule has 6 heteroatoms. The van der Waals surface area contributed by atoms with E-state index in [1.54, 1.807) is 23.7 Å². The van der Waals surface area contributed by atoms with Crippen molar-refractivity contribution >= 4 is 18.2 Å². The molecular formula is C12H11FN2O2S. The molecule has 1 aromatic carbocycles. The highest BCUT2D eigenvalue weighted by atomic mass is 32.1. The molecule has 0 bridgehead atoms. The zero-order valence-electron chi connectivity index (χ0n) is 9.86. The van der Waals surface area contributed by atoms with Crippen molar-refractivity contribution in [2.45, 2.75) is 0 Å². The van der Waals surface area contributed by atoms with Gasteiger partial charge in [-0.1, -0.05) is 12.1 Å². The van der Waals surface area contributed by atoms with Crippen LogP contribution in [0.15, 0.2) is 24.3 Å². The average molecular weight is 266 g/mol. The predicted octanol–water partition coefficient (Wildman–Crippen LogP) is 2.68. The minimum Gasteiger partial charge on any atom is -0.464 e. The predicted molar refractivity (Wildman–Crippen MR) is 67.3 cm³/mol. The minimum atomic E-state index is -0.541. The molecule has 0 aliphatic heterocycles. The third kappa shape index (κ3) is 2.06. The second kappa shape index (κ2) is 4.73. The molecule has 0 saturated carbocycles. The van der Waals surface area contributed by atoms with Gasteiger partial charge in [0.25, 0.3) is 0 Å². The highest BCUT2D eigenvalue weighted by Gasteiger charge is 2.19. The first-order valence-corrected chi connectivity index (χ1v) is 5.58. The number of carbonyl (C=O) groups is 1.